The standard InChI is InChI=1S/C21H18F2N2O2/c1-13-2-3-15-10-17(23)8-9-19(15)25(13)21(26)12-18-11-20(27-24-18)14-4-6-16(22)7-5-14/h4-11,13H,2-3,12H2,1H3/t13-/m0/s1. The zero-order valence-electron chi connectivity index (χ0n) is 14.8. The van der Waals surface area contributed by atoms with Crippen LogP contribution >= 0.6 is 0 Å². The van der Waals surface area contributed by atoms with Gasteiger partial charge in [0, 0.05) is 23.4 Å². The van der Waals surface area contributed by atoms with Crippen molar-refractivity contribution >= 4 is 11.6 Å². The van der Waals surface area contributed by atoms with Crippen LogP contribution in [0.1, 0.15) is 24.6 Å². The molecule has 6 heteroatoms. The van der Waals surface area contributed by atoms with Gasteiger partial charge in [0.2, 0.25) is 5.91 Å². The Balaban J connectivity index is 1.55. The molecule has 0 radical (unpaired) electrons. The average molecular weight is 368 g/mol. The number of carbonyl (C=O) groups excluding carboxylic acids is 1. The molecule has 1 amide bonds. The van der Waals surface area contributed by atoms with Gasteiger partial charge in [-0.2, -0.15) is 0 Å². The van der Waals surface area contributed by atoms with E-state index in [2.05, 4.69) is 5.16 Å². The molecule has 0 saturated heterocycles. The Morgan fingerprint density at radius 2 is 1.89 bits per heavy atom. The Kier molecular flexibility index (Phi) is 4.48. The Labute approximate surface area is 155 Å². The number of benzene rings is 2. The molecule has 2 aromatic carbocycles. The largest absolute Gasteiger partial charge is 0.356 e. The highest BCUT2D eigenvalue weighted by Gasteiger charge is 2.29. The number of aromatic nitrogens is 1. The van der Waals surface area contributed by atoms with Crippen LogP contribution in [-0.4, -0.2) is 17.1 Å². The molecule has 0 unspecified atom stereocenters. The number of amides is 1. The summed E-state index contributed by atoms with van der Waals surface area (Å²) in [5.41, 5.74) is 2.78. The number of aryl methyl sites for hydroxylation is 1. The monoisotopic (exact) mass is 368 g/mol. The van der Waals surface area contributed by atoms with Gasteiger partial charge < -0.3 is 9.42 Å². The van der Waals surface area contributed by atoms with Crippen molar-refractivity contribution in [3.63, 3.8) is 0 Å². The maximum Gasteiger partial charge on any atom is 0.233 e. The van der Waals surface area contributed by atoms with E-state index in [1.54, 1.807) is 29.2 Å². The Bertz CT molecular complexity index is 982. The normalized spacial score (nSPS) is 16.3. The minimum atomic E-state index is -0.331. The first-order valence-electron chi connectivity index (χ1n) is 8.83. The number of anilines is 1. The first-order valence-corrected chi connectivity index (χ1v) is 8.83. The number of halogens is 2. The quantitative estimate of drug-likeness (QED) is 0.682. The maximum absolute atomic E-state index is 13.5. The summed E-state index contributed by atoms with van der Waals surface area (Å²) in [6.45, 7) is 1.98. The third-order valence-corrected chi connectivity index (χ3v) is 4.86. The second kappa shape index (κ2) is 6.95. The van der Waals surface area contributed by atoms with Gasteiger partial charge >= 0.3 is 0 Å². The molecule has 0 fully saturated rings. The van der Waals surface area contributed by atoms with Crippen LogP contribution in [0.2, 0.25) is 0 Å². The highest BCUT2D eigenvalue weighted by Crippen LogP contribution is 2.32. The summed E-state index contributed by atoms with van der Waals surface area (Å²) in [4.78, 5) is 14.6. The minimum Gasteiger partial charge on any atom is -0.356 e. The summed E-state index contributed by atoms with van der Waals surface area (Å²) in [7, 11) is 0. The van der Waals surface area contributed by atoms with Crippen LogP contribution in [-0.2, 0) is 17.6 Å². The number of hydrogen-bond donors (Lipinski definition) is 0. The van der Waals surface area contributed by atoms with Crippen LogP contribution in [0.25, 0.3) is 11.3 Å². The van der Waals surface area contributed by atoms with E-state index in [4.69, 9.17) is 4.52 Å². The molecule has 0 bridgehead atoms. The molecule has 0 saturated carbocycles. The summed E-state index contributed by atoms with van der Waals surface area (Å²) < 4.78 is 31.9. The lowest BCUT2D eigenvalue weighted by atomic mass is 9.96. The minimum absolute atomic E-state index is 0.0268. The van der Waals surface area contributed by atoms with Crippen molar-refractivity contribution in [3.05, 3.63) is 71.4 Å². The molecule has 1 atom stereocenters. The fourth-order valence-corrected chi connectivity index (χ4v) is 3.49. The van der Waals surface area contributed by atoms with Crippen LogP contribution in [0.4, 0.5) is 14.5 Å². The predicted molar refractivity (Wildman–Crippen MR) is 97.3 cm³/mol. The van der Waals surface area contributed by atoms with Gasteiger partial charge in [-0.1, -0.05) is 5.16 Å². The van der Waals surface area contributed by atoms with Gasteiger partial charge in [-0.3, -0.25) is 4.79 Å². The second-order valence-electron chi connectivity index (χ2n) is 6.79. The van der Waals surface area contributed by atoms with E-state index in [0.29, 0.717) is 17.0 Å². The number of fused-ring (bicyclic) bond motifs is 1. The van der Waals surface area contributed by atoms with E-state index in [-0.39, 0.29) is 30.0 Å². The van der Waals surface area contributed by atoms with Crippen molar-refractivity contribution in [2.24, 2.45) is 0 Å². The van der Waals surface area contributed by atoms with Crippen LogP contribution in [0.5, 0.6) is 0 Å². The summed E-state index contributed by atoms with van der Waals surface area (Å²) in [6.07, 6.45) is 1.60. The number of nitrogens with zero attached hydrogens (tertiary/aromatic N) is 2. The lowest BCUT2D eigenvalue weighted by Crippen LogP contribution is -2.43. The molecule has 1 aromatic heterocycles. The maximum atomic E-state index is 13.5. The van der Waals surface area contributed by atoms with Gasteiger partial charge in [0.05, 0.1) is 12.1 Å². The fourth-order valence-electron chi connectivity index (χ4n) is 3.49. The summed E-state index contributed by atoms with van der Waals surface area (Å²) in [5.74, 6) is -0.264. The first kappa shape index (κ1) is 17.4. The van der Waals surface area contributed by atoms with Gasteiger partial charge in [0.25, 0.3) is 0 Å². The number of rotatable bonds is 3. The highest BCUT2D eigenvalue weighted by atomic mass is 19.1. The topological polar surface area (TPSA) is 46.3 Å². The second-order valence-corrected chi connectivity index (χ2v) is 6.79. The molecule has 0 aliphatic carbocycles. The van der Waals surface area contributed by atoms with Crippen molar-refractivity contribution in [2.45, 2.75) is 32.2 Å². The molecule has 0 spiro atoms. The van der Waals surface area contributed by atoms with Gasteiger partial charge in [0.1, 0.15) is 11.6 Å². The summed E-state index contributed by atoms with van der Waals surface area (Å²) in [6, 6.07) is 12.1. The van der Waals surface area contributed by atoms with Crippen LogP contribution in [0, 0.1) is 11.6 Å². The zero-order valence-corrected chi connectivity index (χ0v) is 14.8. The molecule has 3 aromatic rings. The fraction of sp³-hybridized carbons (Fsp3) is 0.238. The van der Waals surface area contributed by atoms with Crippen molar-refractivity contribution in [2.75, 3.05) is 4.90 Å². The van der Waals surface area contributed by atoms with Crippen molar-refractivity contribution in [3.8, 4) is 11.3 Å². The molecule has 27 heavy (non-hydrogen) atoms. The first-order chi connectivity index (χ1) is 13.0. The molecule has 1 aliphatic heterocycles. The van der Waals surface area contributed by atoms with E-state index in [0.717, 1.165) is 24.1 Å². The van der Waals surface area contributed by atoms with E-state index >= 15 is 0 Å². The van der Waals surface area contributed by atoms with E-state index in [1.807, 2.05) is 6.92 Å². The lowest BCUT2D eigenvalue weighted by Gasteiger charge is -2.35. The average Bonchev–Trinajstić information content (AvgIpc) is 3.10. The van der Waals surface area contributed by atoms with E-state index in [1.165, 1.54) is 24.3 Å². The molecular formula is C21H18F2N2O2. The lowest BCUT2D eigenvalue weighted by molar-refractivity contribution is -0.118. The molecular weight excluding hydrogens is 350 g/mol. The van der Waals surface area contributed by atoms with Crippen molar-refractivity contribution < 1.29 is 18.1 Å². The zero-order chi connectivity index (χ0) is 19.0. The summed E-state index contributed by atoms with van der Waals surface area (Å²) >= 11 is 0. The number of carbonyl (C=O) groups is 1. The Morgan fingerprint density at radius 1 is 1.15 bits per heavy atom. The van der Waals surface area contributed by atoms with E-state index < -0.39 is 0 Å². The predicted octanol–water partition coefficient (Wildman–Crippen LogP) is 4.53. The molecule has 2 heterocycles. The third-order valence-electron chi connectivity index (χ3n) is 4.86. The summed E-state index contributed by atoms with van der Waals surface area (Å²) in [5, 5.41) is 3.97. The highest BCUT2D eigenvalue weighted by molar-refractivity contribution is 5.96. The molecule has 1 aliphatic rings. The smallest absolute Gasteiger partial charge is 0.233 e. The van der Waals surface area contributed by atoms with E-state index in [9.17, 15) is 13.6 Å². The van der Waals surface area contributed by atoms with Crippen LogP contribution in [0.3, 0.4) is 0 Å². The Morgan fingerprint density at radius 3 is 2.67 bits per heavy atom. The van der Waals surface area contributed by atoms with Gasteiger partial charge in [-0.05, 0) is 67.8 Å². The van der Waals surface area contributed by atoms with Gasteiger partial charge in [-0.15, -0.1) is 0 Å². The van der Waals surface area contributed by atoms with Gasteiger partial charge in [-0.25, -0.2) is 8.78 Å². The molecule has 4 rings (SSSR count). The van der Waals surface area contributed by atoms with Crippen molar-refractivity contribution in [1.82, 2.24) is 5.16 Å². The van der Waals surface area contributed by atoms with Crippen LogP contribution < -0.4 is 4.90 Å². The van der Waals surface area contributed by atoms with Crippen LogP contribution in [0.15, 0.2) is 53.1 Å². The van der Waals surface area contributed by atoms with Crippen molar-refractivity contribution in [1.29, 1.82) is 0 Å². The third kappa shape index (κ3) is 3.47. The van der Waals surface area contributed by atoms with Gasteiger partial charge in [0.15, 0.2) is 5.76 Å². The Hall–Kier alpha value is -3.02. The molecule has 4 nitrogen and oxygen atoms in total. The SMILES string of the molecule is C[C@H]1CCc2cc(F)ccc2N1C(=O)Cc1cc(-c2ccc(F)cc2)on1. The molecule has 0 N–H and O–H groups in total. The molecule has 138 valence electrons. The number of hydrogen-bond acceptors (Lipinski definition) is 3.